The monoisotopic (exact) mass is 299 g/mol. The van der Waals surface area contributed by atoms with Crippen LogP contribution in [0.15, 0.2) is 24.3 Å². The molecule has 1 amide bonds. The van der Waals surface area contributed by atoms with Gasteiger partial charge in [0.1, 0.15) is 17.9 Å². The first-order chi connectivity index (χ1) is 10.6. The molecule has 1 N–H and O–H groups in total. The van der Waals surface area contributed by atoms with Crippen LogP contribution < -0.4 is 10.1 Å². The van der Waals surface area contributed by atoms with Gasteiger partial charge in [0.15, 0.2) is 5.69 Å². The summed E-state index contributed by atoms with van der Waals surface area (Å²) in [6.45, 7) is 5.79. The van der Waals surface area contributed by atoms with Crippen molar-refractivity contribution in [1.29, 1.82) is 5.26 Å². The van der Waals surface area contributed by atoms with Crippen LogP contribution in [0.3, 0.4) is 0 Å². The summed E-state index contributed by atoms with van der Waals surface area (Å²) >= 11 is 0. The van der Waals surface area contributed by atoms with E-state index in [2.05, 4.69) is 15.6 Å². The minimum Gasteiger partial charge on any atom is -0.492 e. The summed E-state index contributed by atoms with van der Waals surface area (Å²) in [5.41, 5.74) is 1.37. The molecular weight excluding hydrogens is 282 g/mol. The van der Waals surface area contributed by atoms with E-state index >= 15 is 0 Å². The number of nitriles is 1. The number of rotatable bonds is 5. The van der Waals surface area contributed by atoms with Gasteiger partial charge in [-0.2, -0.15) is 5.26 Å². The Bertz CT molecular complexity index is 717. The van der Waals surface area contributed by atoms with Crippen molar-refractivity contribution in [2.75, 3.05) is 11.9 Å². The Hall–Kier alpha value is -2.88. The molecule has 0 fully saturated rings. The third kappa shape index (κ3) is 3.06. The number of hydrogen-bond donors (Lipinski definition) is 1. The molecule has 0 spiro atoms. The number of para-hydroxylation sites is 2. The van der Waals surface area contributed by atoms with E-state index in [1.54, 1.807) is 26.0 Å². The predicted octanol–water partition coefficient (Wildman–Crippen LogP) is 2.06. The standard InChI is InChI=1S/C15H17N5O2/c1-4-22-14-8-6-5-7-12(14)17-15(21)11(3)20-10(2)13(9-16)18-19-20/h5-8,11H,4H2,1-3H3,(H,17,21). The van der Waals surface area contributed by atoms with E-state index in [4.69, 9.17) is 10.00 Å². The average molecular weight is 299 g/mol. The lowest BCUT2D eigenvalue weighted by Crippen LogP contribution is -2.25. The quantitative estimate of drug-likeness (QED) is 0.912. The van der Waals surface area contributed by atoms with Crippen molar-refractivity contribution in [2.24, 2.45) is 0 Å². The molecule has 1 aromatic heterocycles. The molecule has 0 aliphatic rings. The van der Waals surface area contributed by atoms with Crippen LogP contribution in [0.25, 0.3) is 0 Å². The van der Waals surface area contributed by atoms with Crippen molar-refractivity contribution in [2.45, 2.75) is 26.8 Å². The summed E-state index contributed by atoms with van der Waals surface area (Å²) in [7, 11) is 0. The number of benzene rings is 1. The molecule has 0 aliphatic heterocycles. The van der Waals surface area contributed by atoms with Crippen LogP contribution in [-0.4, -0.2) is 27.5 Å². The lowest BCUT2D eigenvalue weighted by molar-refractivity contribution is -0.119. The minimum atomic E-state index is -0.593. The van der Waals surface area contributed by atoms with Crippen molar-refractivity contribution in [3.63, 3.8) is 0 Å². The fraction of sp³-hybridized carbons (Fsp3) is 0.333. The van der Waals surface area contributed by atoms with Crippen LogP contribution in [0.4, 0.5) is 5.69 Å². The van der Waals surface area contributed by atoms with Gasteiger partial charge in [-0.25, -0.2) is 4.68 Å². The second kappa shape index (κ2) is 6.72. The summed E-state index contributed by atoms with van der Waals surface area (Å²) in [5.74, 6) is 0.350. The normalized spacial score (nSPS) is 11.5. The second-order valence-electron chi connectivity index (χ2n) is 4.67. The summed E-state index contributed by atoms with van der Waals surface area (Å²) in [6, 6.07) is 8.56. The summed E-state index contributed by atoms with van der Waals surface area (Å²) in [6.07, 6.45) is 0. The van der Waals surface area contributed by atoms with E-state index in [0.29, 0.717) is 23.7 Å². The second-order valence-corrected chi connectivity index (χ2v) is 4.67. The molecule has 1 unspecified atom stereocenters. The highest BCUT2D eigenvalue weighted by atomic mass is 16.5. The van der Waals surface area contributed by atoms with Crippen LogP contribution in [0.5, 0.6) is 5.75 Å². The Kier molecular flexibility index (Phi) is 4.73. The van der Waals surface area contributed by atoms with Gasteiger partial charge in [0.25, 0.3) is 0 Å². The molecule has 0 aliphatic carbocycles. The zero-order chi connectivity index (χ0) is 16.1. The largest absolute Gasteiger partial charge is 0.492 e. The molecule has 2 rings (SSSR count). The molecule has 7 nitrogen and oxygen atoms in total. The lowest BCUT2D eigenvalue weighted by Gasteiger charge is -2.15. The van der Waals surface area contributed by atoms with Crippen molar-refractivity contribution in [3.05, 3.63) is 35.7 Å². The molecule has 1 aromatic carbocycles. The highest BCUT2D eigenvalue weighted by Gasteiger charge is 2.21. The van der Waals surface area contributed by atoms with Crippen molar-refractivity contribution < 1.29 is 9.53 Å². The number of nitrogens with zero attached hydrogens (tertiary/aromatic N) is 4. The maximum absolute atomic E-state index is 12.4. The first kappa shape index (κ1) is 15.5. The summed E-state index contributed by atoms with van der Waals surface area (Å²) < 4.78 is 6.90. The lowest BCUT2D eigenvalue weighted by atomic mass is 10.2. The Balaban J connectivity index is 2.18. The third-order valence-electron chi connectivity index (χ3n) is 3.22. The first-order valence-electron chi connectivity index (χ1n) is 6.93. The van der Waals surface area contributed by atoms with Crippen molar-refractivity contribution >= 4 is 11.6 Å². The summed E-state index contributed by atoms with van der Waals surface area (Å²) in [4.78, 5) is 12.4. The Morgan fingerprint density at radius 3 is 2.86 bits per heavy atom. The van der Waals surface area contributed by atoms with Crippen LogP contribution >= 0.6 is 0 Å². The molecule has 1 heterocycles. The Morgan fingerprint density at radius 2 is 2.23 bits per heavy atom. The van der Waals surface area contributed by atoms with Gasteiger partial charge in [0.2, 0.25) is 5.91 Å². The molecule has 0 saturated heterocycles. The fourth-order valence-electron chi connectivity index (χ4n) is 2.01. The molecule has 2 aromatic rings. The minimum absolute atomic E-state index is 0.217. The summed E-state index contributed by atoms with van der Waals surface area (Å²) in [5, 5.41) is 19.3. The predicted molar refractivity (Wildman–Crippen MR) is 80.4 cm³/mol. The molecule has 114 valence electrons. The van der Waals surface area contributed by atoms with Gasteiger partial charge in [0, 0.05) is 0 Å². The van der Waals surface area contributed by atoms with Crippen LogP contribution in [0.2, 0.25) is 0 Å². The van der Waals surface area contributed by atoms with E-state index in [0.717, 1.165) is 0 Å². The zero-order valence-corrected chi connectivity index (χ0v) is 12.7. The molecule has 1 atom stereocenters. The van der Waals surface area contributed by atoms with Gasteiger partial charge < -0.3 is 10.1 Å². The van der Waals surface area contributed by atoms with Gasteiger partial charge in [0.05, 0.1) is 18.0 Å². The van der Waals surface area contributed by atoms with Gasteiger partial charge in [-0.15, -0.1) is 5.10 Å². The smallest absolute Gasteiger partial charge is 0.249 e. The Morgan fingerprint density at radius 1 is 1.50 bits per heavy atom. The maximum Gasteiger partial charge on any atom is 0.249 e. The Labute approximate surface area is 128 Å². The van der Waals surface area contributed by atoms with Gasteiger partial charge in [-0.05, 0) is 32.9 Å². The number of ether oxygens (including phenoxy) is 1. The zero-order valence-electron chi connectivity index (χ0n) is 12.7. The van der Waals surface area contributed by atoms with Crippen molar-refractivity contribution in [1.82, 2.24) is 15.0 Å². The number of amides is 1. The van der Waals surface area contributed by atoms with Gasteiger partial charge in [-0.3, -0.25) is 4.79 Å². The fourth-order valence-corrected chi connectivity index (χ4v) is 2.01. The molecule has 7 heteroatoms. The molecular formula is C15H17N5O2. The van der Waals surface area contributed by atoms with Crippen LogP contribution in [0, 0.1) is 18.3 Å². The number of carbonyl (C=O) groups is 1. The maximum atomic E-state index is 12.4. The average Bonchev–Trinajstić information content (AvgIpc) is 2.89. The topological polar surface area (TPSA) is 92.8 Å². The van der Waals surface area contributed by atoms with E-state index in [-0.39, 0.29) is 11.6 Å². The highest BCUT2D eigenvalue weighted by Crippen LogP contribution is 2.24. The number of aromatic nitrogens is 3. The molecule has 0 bridgehead atoms. The molecule has 0 radical (unpaired) electrons. The number of hydrogen-bond acceptors (Lipinski definition) is 5. The van der Waals surface area contributed by atoms with E-state index in [1.165, 1.54) is 4.68 Å². The van der Waals surface area contributed by atoms with Crippen LogP contribution in [0.1, 0.15) is 31.3 Å². The van der Waals surface area contributed by atoms with E-state index in [1.807, 2.05) is 25.1 Å². The molecule has 22 heavy (non-hydrogen) atoms. The van der Waals surface area contributed by atoms with E-state index < -0.39 is 6.04 Å². The third-order valence-corrected chi connectivity index (χ3v) is 3.22. The van der Waals surface area contributed by atoms with Gasteiger partial charge >= 0.3 is 0 Å². The number of carbonyl (C=O) groups excluding carboxylic acids is 1. The highest BCUT2D eigenvalue weighted by molar-refractivity contribution is 5.94. The number of anilines is 1. The van der Waals surface area contributed by atoms with Crippen LogP contribution in [-0.2, 0) is 4.79 Å². The SMILES string of the molecule is CCOc1ccccc1NC(=O)C(C)n1nnc(C#N)c1C. The van der Waals surface area contributed by atoms with Crippen molar-refractivity contribution in [3.8, 4) is 11.8 Å². The van der Waals surface area contributed by atoms with Gasteiger partial charge in [-0.1, -0.05) is 17.3 Å². The number of nitrogens with one attached hydrogen (secondary N) is 1. The first-order valence-corrected chi connectivity index (χ1v) is 6.93. The van der Waals surface area contributed by atoms with E-state index in [9.17, 15) is 4.79 Å². The molecule has 0 saturated carbocycles.